The van der Waals surface area contributed by atoms with Crippen LogP contribution < -0.4 is 14.8 Å². The van der Waals surface area contributed by atoms with Gasteiger partial charge in [0.05, 0.1) is 12.1 Å². The van der Waals surface area contributed by atoms with E-state index in [-0.39, 0.29) is 5.91 Å². The fourth-order valence-electron chi connectivity index (χ4n) is 2.60. The number of halogens is 2. The maximum absolute atomic E-state index is 12.6. The second-order valence-electron chi connectivity index (χ2n) is 6.23. The minimum absolute atomic E-state index is 0.289. The summed E-state index contributed by atoms with van der Waals surface area (Å²) in [7, 11) is 1.51. The maximum Gasteiger partial charge on any atom is 0.255 e. The van der Waals surface area contributed by atoms with Crippen LogP contribution in [-0.2, 0) is 6.61 Å². The number of carbonyl (C=O) groups is 1. The number of methoxy groups -OCH3 is 1. The van der Waals surface area contributed by atoms with Gasteiger partial charge in [0.2, 0.25) is 0 Å². The molecule has 6 heteroatoms. The summed E-state index contributed by atoms with van der Waals surface area (Å²) in [5, 5.41) is 3.15. The highest BCUT2D eigenvalue weighted by molar-refractivity contribution is 9.10. The van der Waals surface area contributed by atoms with Crippen molar-refractivity contribution in [2.24, 2.45) is 0 Å². The first kappa shape index (κ1) is 20.2. The second kappa shape index (κ2) is 9.13. The van der Waals surface area contributed by atoms with Crippen molar-refractivity contribution in [2.75, 3.05) is 12.4 Å². The first-order valence-electron chi connectivity index (χ1n) is 8.59. The molecule has 0 radical (unpaired) electrons. The van der Waals surface area contributed by atoms with Gasteiger partial charge in [-0.25, -0.2) is 0 Å². The molecule has 0 unspecified atom stereocenters. The van der Waals surface area contributed by atoms with Gasteiger partial charge in [-0.05, 0) is 42.8 Å². The van der Waals surface area contributed by atoms with Crippen LogP contribution in [0.5, 0.6) is 11.5 Å². The number of hydrogen-bond acceptors (Lipinski definition) is 3. The van der Waals surface area contributed by atoms with E-state index in [4.69, 9.17) is 21.1 Å². The summed E-state index contributed by atoms with van der Waals surface area (Å²) >= 11 is 9.77. The number of carbonyl (C=O) groups excluding carboxylic acids is 1. The van der Waals surface area contributed by atoms with Gasteiger partial charge in [0, 0.05) is 15.7 Å². The molecule has 3 rings (SSSR count). The number of ether oxygens (including phenoxy) is 2. The predicted octanol–water partition coefficient (Wildman–Crippen LogP) is 6.25. The number of benzene rings is 3. The normalized spacial score (nSPS) is 10.4. The third-order valence-corrected chi connectivity index (χ3v) is 4.85. The van der Waals surface area contributed by atoms with Gasteiger partial charge in [0.1, 0.15) is 6.61 Å². The molecule has 0 atom stereocenters. The third kappa shape index (κ3) is 5.06. The highest BCUT2D eigenvalue weighted by Crippen LogP contribution is 2.37. The van der Waals surface area contributed by atoms with E-state index in [9.17, 15) is 4.79 Å². The van der Waals surface area contributed by atoms with Crippen molar-refractivity contribution in [1.82, 2.24) is 0 Å². The van der Waals surface area contributed by atoms with Crippen LogP contribution in [0.2, 0.25) is 5.02 Å². The van der Waals surface area contributed by atoms with Crippen LogP contribution in [0.1, 0.15) is 21.5 Å². The van der Waals surface area contributed by atoms with Crippen LogP contribution in [0.4, 0.5) is 5.69 Å². The van der Waals surface area contributed by atoms with E-state index in [0.29, 0.717) is 34.4 Å². The van der Waals surface area contributed by atoms with Crippen molar-refractivity contribution >= 4 is 39.1 Å². The van der Waals surface area contributed by atoms with Crippen LogP contribution >= 0.6 is 27.5 Å². The molecule has 0 aliphatic carbocycles. The van der Waals surface area contributed by atoms with E-state index >= 15 is 0 Å². The Morgan fingerprint density at radius 1 is 1.11 bits per heavy atom. The average molecular weight is 461 g/mol. The number of amides is 1. The zero-order valence-electron chi connectivity index (χ0n) is 15.5. The molecule has 0 aliphatic rings. The monoisotopic (exact) mass is 459 g/mol. The topological polar surface area (TPSA) is 47.6 Å². The van der Waals surface area contributed by atoms with Crippen LogP contribution in [0.25, 0.3) is 0 Å². The first-order valence-corrected chi connectivity index (χ1v) is 9.76. The van der Waals surface area contributed by atoms with Crippen LogP contribution in [0.3, 0.4) is 0 Å². The fraction of sp³-hybridized carbons (Fsp3) is 0.136. The van der Waals surface area contributed by atoms with E-state index in [1.54, 1.807) is 18.2 Å². The van der Waals surface area contributed by atoms with Crippen molar-refractivity contribution < 1.29 is 14.3 Å². The summed E-state index contributed by atoms with van der Waals surface area (Å²) < 4.78 is 12.1. The molecule has 144 valence electrons. The number of hydrogen-bond donors (Lipinski definition) is 1. The Morgan fingerprint density at radius 2 is 1.86 bits per heavy atom. The molecule has 4 nitrogen and oxygen atoms in total. The number of rotatable bonds is 6. The Bertz CT molecular complexity index is 990. The zero-order valence-corrected chi connectivity index (χ0v) is 17.8. The lowest BCUT2D eigenvalue weighted by Crippen LogP contribution is -2.12. The van der Waals surface area contributed by atoms with Crippen molar-refractivity contribution in [2.45, 2.75) is 13.5 Å². The van der Waals surface area contributed by atoms with Crippen molar-refractivity contribution in [3.63, 3.8) is 0 Å². The Hall–Kier alpha value is -2.50. The van der Waals surface area contributed by atoms with Crippen molar-refractivity contribution in [3.05, 3.63) is 86.8 Å². The van der Waals surface area contributed by atoms with E-state index in [1.807, 2.05) is 49.4 Å². The summed E-state index contributed by atoms with van der Waals surface area (Å²) in [5.41, 5.74) is 3.25. The van der Waals surface area contributed by atoms with E-state index in [2.05, 4.69) is 21.2 Å². The van der Waals surface area contributed by atoms with Crippen LogP contribution in [0.15, 0.2) is 65.1 Å². The van der Waals surface area contributed by atoms with Gasteiger partial charge in [-0.1, -0.05) is 63.4 Å². The first-order chi connectivity index (χ1) is 13.5. The second-order valence-corrected chi connectivity index (χ2v) is 7.55. The molecule has 0 aromatic heterocycles. The largest absolute Gasteiger partial charge is 0.493 e. The molecule has 1 N–H and O–H groups in total. The summed E-state index contributed by atoms with van der Waals surface area (Å²) in [6, 6.07) is 18.6. The maximum atomic E-state index is 12.6. The zero-order chi connectivity index (χ0) is 20.1. The highest BCUT2D eigenvalue weighted by atomic mass is 79.9. The fourth-order valence-corrected chi connectivity index (χ4v) is 3.26. The molecule has 0 heterocycles. The lowest BCUT2D eigenvalue weighted by atomic mass is 10.1. The molecule has 1 amide bonds. The van der Waals surface area contributed by atoms with Gasteiger partial charge in [-0.15, -0.1) is 0 Å². The Kier molecular flexibility index (Phi) is 6.60. The number of nitrogens with one attached hydrogen (secondary N) is 1. The van der Waals surface area contributed by atoms with Gasteiger partial charge in [0.15, 0.2) is 11.5 Å². The quantitative estimate of drug-likeness (QED) is 0.473. The molecule has 0 saturated heterocycles. The molecule has 3 aromatic rings. The van der Waals surface area contributed by atoms with E-state index in [0.717, 1.165) is 10.0 Å². The summed E-state index contributed by atoms with van der Waals surface area (Å²) in [6.45, 7) is 2.38. The third-order valence-electron chi connectivity index (χ3n) is 4.08. The molecule has 3 aromatic carbocycles. The Labute approximate surface area is 177 Å². The highest BCUT2D eigenvalue weighted by Gasteiger charge is 2.16. The molecule has 0 aliphatic heterocycles. The standard InChI is InChI=1S/C22H19BrClNO3/c1-14-6-8-15(9-7-14)13-28-21-19(24)10-16(11-20(21)27-2)22(26)25-18-5-3-4-17(23)12-18/h3-12H,13H2,1-2H3,(H,25,26). The van der Waals surface area contributed by atoms with Crippen LogP contribution in [-0.4, -0.2) is 13.0 Å². The molecule has 0 spiro atoms. The molecule has 0 fully saturated rings. The molecule has 0 bridgehead atoms. The number of anilines is 1. The molecule has 28 heavy (non-hydrogen) atoms. The van der Waals surface area contributed by atoms with Crippen LogP contribution in [0, 0.1) is 6.92 Å². The van der Waals surface area contributed by atoms with Crippen molar-refractivity contribution in [1.29, 1.82) is 0 Å². The lowest BCUT2D eigenvalue weighted by molar-refractivity contribution is 0.102. The van der Waals surface area contributed by atoms with Crippen molar-refractivity contribution in [3.8, 4) is 11.5 Å². The molecular weight excluding hydrogens is 442 g/mol. The smallest absolute Gasteiger partial charge is 0.255 e. The lowest BCUT2D eigenvalue weighted by Gasteiger charge is -2.14. The minimum atomic E-state index is -0.289. The minimum Gasteiger partial charge on any atom is -0.493 e. The Balaban J connectivity index is 1.78. The average Bonchev–Trinajstić information content (AvgIpc) is 2.67. The number of aryl methyl sites for hydroxylation is 1. The van der Waals surface area contributed by atoms with Gasteiger partial charge in [-0.2, -0.15) is 0 Å². The Morgan fingerprint density at radius 3 is 2.54 bits per heavy atom. The summed E-state index contributed by atoms with van der Waals surface area (Å²) in [5.74, 6) is 0.520. The summed E-state index contributed by atoms with van der Waals surface area (Å²) in [6.07, 6.45) is 0. The predicted molar refractivity (Wildman–Crippen MR) is 116 cm³/mol. The van der Waals surface area contributed by atoms with Gasteiger partial charge < -0.3 is 14.8 Å². The van der Waals surface area contributed by atoms with E-state index < -0.39 is 0 Å². The summed E-state index contributed by atoms with van der Waals surface area (Å²) in [4.78, 5) is 12.6. The molecule has 0 saturated carbocycles. The van der Waals surface area contributed by atoms with Gasteiger partial charge in [0.25, 0.3) is 5.91 Å². The van der Waals surface area contributed by atoms with E-state index in [1.165, 1.54) is 12.7 Å². The van der Waals surface area contributed by atoms with Gasteiger partial charge in [-0.3, -0.25) is 4.79 Å². The van der Waals surface area contributed by atoms with Gasteiger partial charge >= 0.3 is 0 Å². The molecular formula is C22H19BrClNO3. The SMILES string of the molecule is COc1cc(C(=O)Nc2cccc(Br)c2)cc(Cl)c1OCc1ccc(C)cc1.